The van der Waals surface area contributed by atoms with Gasteiger partial charge in [-0.25, -0.2) is 12.7 Å². The van der Waals surface area contributed by atoms with E-state index in [1.54, 1.807) is 11.4 Å². The first-order valence-electron chi connectivity index (χ1n) is 9.50. The molecule has 154 valence electrons. The SMILES string of the molecule is CCNC(=NCC1(CCOC)CCCC1)NCCN1CCCS1(=O)=O.I. The van der Waals surface area contributed by atoms with Crippen LogP contribution in [0.4, 0.5) is 0 Å². The average Bonchev–Trinajstić information content (AvgIpc) is 3.18. The summed E-state index contributed by atoms with van der Waals surface area (Å²) in [6.45, 7) is 6.13. The predicted molar refractivity (Wildman–Crippen MR) is 117 cm³/mol. The van der Waals surface area contributed by atoms with E-state index in [-0.39, 0.29) is 35.1 Å². The van der Waals surface area contributed by atoms with Gasteiger partial charge in [0.05, 0.1) is 5.75 Å². The van der Waals surface area contributed by atoms with Gasteiger partial charge in [-0.05, 0) is 38.0 Å². The van der Waals surface area contributed by atoms with Crippen LogP contribution in [0.1, 0.15) is 45.4 Å². The molecule has 0 spiro atoms. The van der Waals surface area contributed by atoms with Gasteiger partial charge >= 0.3 is 0 Å². The van der Waals surface area contributed by atoms with Crippen LogP contribution in [-0.4, -0.2) is 70.9 Å². The van der Waals surface area contributed by atoms with Crippen molar-refractivity contribution in [2.24, 2.45) is 10.4 Å². The Hall–Kier alpha value is -0.130. The quantitative estimate of drug-likeness (QED) is 0.286. The molecule has 1 heterocycles. The molecule has 9 heteroatoms. The molecule has 0 aromatic rings. The summed E-state index contributed by atoms with van der Waals surface area (Å²) in [7, 11) is -1.27. The van der Waals surface area contributed by atoms with Gasteiger partial charge in [0.25, 0.3) is 0 Å². The molecule has 0 unspecified atom stereocenters. The van der Waals surface area contributed by atoms with Crippen LogP contribution in [0.2, 0.25) is 0 Å². The Morgan fingerprint density at radius 3 is 2.54 bits per heavy atom. The summed E-state index contributed by atoms with van der Waals surface area (Å²) in [4.78, 5) is 4.79. The monoisotopic (exact) mass is 502 g/mol. The molecule has 2 rings (SSSR count). The van der Waals surface area contributed by atoms with Gasteiger partial charge in [0, 0.05) is 46.4 Å². The summed E-state index contributed by atoms with van der Waals surface area (Å²) in [6, 6.07) is 0. The number of aliphatic imine (C=N–C) groups is 1. The van der Waals surface area contributed by atoms with Crippen molar-refractivity contribution in [1.29, 1.82) is 0 Å². The van der Waals surface area contributed by atoms with Gasteiger partial charge in [-0.15, -0.1) is 24.0 Å². The molecule has 1 aliphatic heterocycles. The number of nitrogens with one attached hydrogen (secondary N) is 2. The first-order chi connectivity index (χ1) is 12.0. The molecule has 0 aromatic heterocycles. The van der Waals surface area contributed by atoms with Crippen LogP contribution >= 0.6 is 24.0 Å². The lowest BCUT2D eigenvalue weighted by atomic mass is 9.83. The average molecular weight is 502 g/mol. The summed E-state index contributed by atoms with van der Waals surface area (Å²) in [6.07, 6.45) is 6.76. The highest BCUT2D eigenvalue weighted by Gasteiger charge is 2.33. The zero-order valence-electron chi connectivity index (χ0n) is 16.1. The van der Waals surface area contributed by atoms with Gasteiger partial charge in [-0.1, -0.05) is 12.8 Å². The molecule has 1 saturated carbocycles. The predicted octanol–water partition coefficient (Wildman–Crippen LogP) is 1.79. The largest absolute Gasteiger partial charge is 0.385 e. The molecule has 0 radical (unpaired) electrons. The zero-order valence-corrected chi connectivity index (χ0v) is 19.3. The lowest BCUT2D eigenvalue weighted by Crippen LogP contribution is -2.42. The molecule has 1 saturated heterocycles. The molecule has 0 atom stereocenters. The maximum atomic E-state index is 11.8. The minimum atomic E-state index is -3.02. The van der Waals surface area contributed by atoms with Crippen LogP contribution in [0, 0.1) is 5.41 Å². The van der Waals surface area contributed by atoms with Crippen LogP contribution < -0.4 is 10.6 Å². The number of guanidine groups is 1. The molecule has 26 heavy (non-hydrogen) atoms. The van der Waals surface area contributed by atoms with Crippen LogP contribution in [0.15, 0.2) is 4.99 Å². The van der Waals surface area contributed by atoms with Crippen molar-refractivity contribution in [2.75, 3.05) is 52.2 Å². The smallest absolute Gasteiger partial charge is 0.214 e. The minimum absolute atomic E-state index is 0. The highest BCUT2D eigenvalue weighted by Crippen LogP contribution is 2.41. The number of nitrogens with zero attached hydrogens (tertiary/aromatic N) is 2. The van der Waals surface area contributed by atoms with E-state index < -0.39 is 10.0 Å². The van der Waals surface area contributed by atoms with Crippen LogP contribution in [0.5, 0.6) is 0 Å². The number of rotatable bonds is 9. The van der Waals surface area contributed by atoms with E-state index in [2.05, 4.69) is 10.6 Å². The number of halogens is 1. The number of sulfonamides is 1. The Balaban J connectivity index is 0.00000338. The van der Waals surface area contributed by atoms with Crippen molar-refractivity contribution in [3.63, 3.8) is 0 Å². The van der Waals surface area contributed by atoms with E-state index in [1.165, 1.54) is 25.7 Å². The highest BCUT2D eigenvalue weighted by atomic mass is 127. The van der Waals surface area contributed by atoms with Crippen LogP contribution in [0.25, 0.3) is 0 Å². The van der Waals surface area contributed by atoms with Crippen LogP contribution in [-0.2, 0) is 14.8 Å². The molecule has 7 nitrogen and oxygen atoms in total. The third-order valence-electron chi connectivity index (χ3n) is 5.27. The lowest BCUT2D eigenvalue weighted by molar-refractivity contribution is 0.141. The Morgan fingerprint density at radius 1 is 1.23 bits per heavy atom. The molecular weight excluding hydrogens is 467 g/mol. The number of ether oxygens (including phenoxy) is 1. The second kappa shape index (κ2) is 11.7. The molecule has 0 aromatic carbocycles. The van der Waals surface area contributed by atoms with Gasteiger partial charge in [0.2, 0.25) is 10.0 Å². The molecular formula is C17H35IN4O3S. The van der Waals surface area contributed by atoms with Gasteiger partial charge in [0.1, 0.15) is 0 Å². The third-order valence-corrected chi connectivity index (χ3v) is 7.23. The Morgan fingerprint density at radius 2 is 1.96 bits per heavy atom. The van der Waals surface area contributed by atoms with Crippen molar-refractivity contribution < 1.29 is 13.2 Å². The summed E-state index contributed by atoms with van der Waals surface area (Å²) in [5.74, 6) is 1.06. The molecule has 2 aliphatic rings. The number of hydrogen-bond donors (Lipinski definition) is 2. The number of methoxy groups -OCH3 is 1. The second-order valence-corrected chi connectivity index (χ2v) is 9.23. The van der Waals surface area contributed by atoms with E-state index in [4.69, 9.17) is 9.73 Å². The standard InChI is InChI=1S/C17H34N4O3S.HI/c1-3-18-16(19-10-12-21-11-6-14-25(21,22)23)20-15-17(9-13-24-2)7-4-5-8-17;/h3-15H2,1-2H3,(H2,18,19,20);1H. The van der Waals surface area contributed by atoms with Gasteiger partial charge in [-0.2, -0.15) is 0 Å². The molecule has 2 N–H and O–H groups in total. The number of hydrogen-bond acceptors (Lipinski definition) is 4. The first kappa shape index (κ1) is 23.9. The first-order valence-corrected chi connectivity index (χ1v) is 11.1. The van der Waals surface area contributed by atoms with E-state index in [0.29, 0.717) is 19.6 Å². The summed E-state index contributed by atoms with van der Waals surface area (Å²) < 4.78 is 30.5. The fraction of sp³-hybridized carbons (Fsp3) is 0.941. The highest BCUT2D eigenvalue weighted by molar-refractivity contribution is 14.0. The Bertz CT molecular complexity index is 536. The van der Waals surface area contributed by atoms with Crippen molar-refractivity contribution in [3.05, 3.63) is 0 Å². The second-order valence-electron chi connectivity index (χ2n) is 7.14. The molecule has 2 fully saturated rings. The third kappa shape index (κ3) is 7.12. The molecule has 1 aliphatic carbocycles. The van der Waals surface area contributed by atoms with E-state index >= 15 is 0 Å². The fourth-order valence-corrected chi connectivity index (χ4v) is 5.29. The molecule has 0 amide bonds. The zero-order chi connectivity index (χ0) is 18.2. The van der Waals surface area contributed by atoms with Gasteiger partial charge in [-0.3, -0.25) is 4.99 Å². The fourth-order valence-electron chi connectivity index (χ4n) is 3.76. The summed E-state index contributed by atoms with van der Waals surface area (Å²) in [5.41, 5.74) is 0.261. The normalized spacial score (nSPS) is 22.2. The molecule has 0 bridgehead atoms. The van der Waals surface area contributed by atoms with Crippen molar-refractivity contribution in [1.82, 2.24) is 14.9 Å². The Labute approximate surface area is 175 Å². The topological polar surface area (TPSA) is 83.0 Å². The van der Waals surface area contributed by atoms with Crippen LogP contribution in [0.3, 0.4) is 0 Å². The maximum Gasteiger partial charge on any atom is 0.214 e. The van der Waals surface area contributed by atoms with Gasteiger partial charge < -0.3 is 15.4 Å². The summed E-state index contributed by atoms with van der Waals surface area (Å²) >= 11 is 0. The Kier molecular flexibility index (Phi) is 10.7. The van der Waals surface area contributed by atoms with E-state index in [9.17, 15) is 8.42 Å². The van der Waals surface area contributed by atoms with Crippen molar-refractivity contribution in [2.45, 2.75) is 45.4 Å². The van der Waals surface area contributed by atoms with Gasteiger partial charge in [0.15, 0.2) is 5.96 Å². The van der Waals surface area contributed by atoms with E-state index in [0.717, 1.165) is 38.5 Å². The maximum absolute atomic E-state index is 11.8. The summed E-state index contributed by atoms with van der Waals surface area (Å²) in [5, 5.41) is 6.55. The van der Waals surface area contributed by atoms with Crippen molar-refractivity contribution >= 4 is 40.0 Å². The van der Waals surface area contributed by atoms with E-state index in [1.807, 2.05) is 6.92 Å². The lowest BCUT2D eigenvalue weighted by Gasteiger charge is -2.27. The minimum Gasteiger partial charge on any atom is -0.385 e. The van der Waals surface area contributed by atoms with Crippen molar-refractivity contribution in [3.8, 4) is 0 Å².